The molecule has 4 atom stereocenters. The van der Waals surface area contributed by atoms with E-state index in [1.165, 1.54) is 12.5 Å². The first-order valence-electron chi connectivity index (χ1n) is 12.6. The number of carboxylic acid groups (broad SMARTS) is 2. The van der Waals surface area contributed by atoms with Gasteiger partial charge >= 0.3 is 11.9 Å². The number of rotatable bonds is 16. The van der Waals surface area contributed by atoms with Gasteiger partial charge in [-0.3, -0.25) is 19.2 Å². The molecule has 0 bridgehead atoms. The number of nitrogens with two attached hydrogens (primary N) is 1. The molecule has 13 nitrogen and oxygen atoms in total. The number of imidazole rings is 1. The van der Waals surface area contributed by atoms with Crippen LogP contribution in [-0.4, -0.2) is 74.0 Å². The molecular formula is C26H36N6O7. The standard InChI is InChI=1S/C26H36N6O7/c1-15(2)10-20(31-23(35)18(27)11-16-6-4-3-5-7-16)25(37)30-19(8-9-22(33)34)24(36)32-21(26(38)39)12-17-13-28-14-29-17/h3-7,13-15,18-21H,8-12,27H2,1-2H3,(H,28,29)(H,30,37)(H,31,35)(H,32,36)(H,33,34)(H,38,39). The predicted octanol–water partition coefficient (Wildman–Crippen LogP) is -0.0279. The third-order valence-corrected chi connectivity index (χ3v) is 5.85. The van der Waals surface area contributed by atoms with Crippen molar-refractivity contribution in [1.29, 1.82) is 0 Å². The van der Waals surface area contributed by atoms with Crippen LogP contribution in [-0.2, 0) is 36.8 Å². The third kappa shape index (κ3) is 10.9. The number of aliphatic carboxylic acids is 2. The lowest BCUT2D eigenvalue weighted by atomic mass is 10.0. The zero-order valence-corrected chi connectivity index (χ0v) is 21.9. The zero-order chi connectivity index (χ0) is 28.9. The highest BCUT2D eigenvalue weighted by Crippen LogP contribution is 2.09. The van der Waals surface area contributed by atoms with Crippen LogP contribution >= 0.6 is 0 Å². The quantitative estimate of drug-likeness (QED) is 0.151. The predicted molar refractivity (Wildman–Crippen MR) is 140 cm³/mol. The molecular weight excluding hydrogens is 508 g/mol. The molecule has 39 heavy (non-hydrogen) atoms. The summed E-state index contributed by atoms with van der Waals surface area (Å²) in [5, 5.41) is 26.2. The Hall–Kier alpha value is -4.26. The second kappa shape index (κ2) is 15.2. The molecule has 1 heterocycles. The molecule has 212 valence electrons. The van der Waals surface area contributed by atoms with Gasteiger partial charge in [-0.25, -0.2) is 9.78 Å². The summed E-state index contributed by atoms with van der Waals surface area (Å²) in [7, 11) is 0. The van der Waals surface area contributed by atoms with Crippen LogP contribution in [0.5, 0.6) is 0 Å². The minimum atomic E-state index is -1.36. The van der Waals surface area contributed by atoms with Gasteiger partial charge in [-0.15, -0.1) is 0 Å². The Morgan fingerprint density at radius 2 is 1.51 bits per heavy atom. The summed E-state index contributed by atoms with van der Waals surface area (Å²) in [6.45, 7) is 3.69. The van der Waals surface area contributed by atoms with E-state index in [0.29, 0.717) is 5.69 Å². The van der Waals surface area contributed by atoms with Gasteiger partial charge < -0.3 is 36.9 Å². The van der Waals surface area contributed by atoms with Crippen LogP contribution in [0.4, 0.5) is 0 Å². The number of amides is 3. The number of carboxylic acids is 2. The van der Waals surface area contributed by atoms with Gasteiger partial charge in [0.05, 0.1) is 12.4 Å². The maximum absolute atomic E-state index is 13.2. The lowest BCUT2D eigenvalue weighted by Crippen LogP contribution is -2.57. The molecule has 13 heteroatoms. The van der Waals surface area contributed by atoms with E-state index in [-0.39, 0.29) is 31.6 Å². The van der Waals surface area contributed by atoms with Crippen molar-refractivity contribution in [3.63, 3.8) is 0 Å². The van der Waals surface area contributed by atoms with Crippen molar-refractivity contribution in [3.05, 3.63) is 54.1 Å². The maximum atomic E-state index is 13.2. The van der Waals surface area contributed by atoms with Gasteiger partial charge in [0.2, 0.25) is 17.7 Å². The highest BCUT2D eigenvalue weighted by molar-refractivity contribution is 5.94. The van der Waals surface area contributed by atoms with E-state index in [1.807, 2.05) is 44.2 Å². The number of hydrogen-bond donors (Lipinski definition) is 7. The summed E-state index contributed by atoms with van der Waals surface area (Å²) in [6.07, 6.45) is 2.39. The molecule has 0 aliphatic heterocycles. The Morgan fingerprint density at radius 3 is 2.08 bits per heavy atom. The van der Waals surface area contributed by atoms with E-state index in [1.54, 1.807) is 0 Å². The summed E-state index contributed by atoms with van der Waals surface area (Å²) in [4.78, 5) is 68.5. The van der Waals surface area contributed by atoms with E-state index in [0.717, 1.165) is 5.56 Å². The molecule has 4 unspecified atom stereocenters. The number of benzene rings is 1. The highest BCUT2D eigenvalue weighted by Gasteiger charge is 2.31. The van der Waals surface area contributed by atoms with Crippen LogP contribution in [0, 0.1) is 5.92 Å². The number of aromatic nitrogens is 2. The number of hydrogen-bond acceptors (Lipinski definition) is 7. The Bertz CT molecular complexity index is 1110. The number of nitrogens with one attached hydrogen (secondary N) is 4. The number of carbonyl (C=O) groups excluding carboxylic acids is 3. The van der Waals surface area contributed by atoms with Crippen LogP contribution in [0.25, 0.3) is 0 Å². The summed E-state index contributed by atoms with van der Waals surface area (Å²) < 4.78 is 0. The first-order chi connectivity index (χ1) is 18.5. The van der Waals surface area contributed by atoms with Gasteiger partial charge in [-0.2, -0.15) is 0 Å². The van der Waals surface area contributed by atoms with Crippen LogP contribution < -0.4 is 21.7 Å². The zero-order valence-electron chi connectivity index (χ0n) is 21.9. The molecule has 1 aromatic heterocycles. The first kappa shape index (κ1) is 31.0. The lowest BCUT2D eigenvalue weighted by Gasteiger charge is -2.26. The van der Waals surface area contributed by atoms with Crippen LogP contribution in [0.1, 0.15) is 44.4 Å². The Balaban J connectivity index is 2.13. The molecule has 0 radical (unpaired) electrons. The van der Waals surface area contributed by atoms with E-state index in [9.17, 15) is 29.1 Å². The smallest absolute Gasteiger partial charge is 0.326 e. The largest absolute Gasteiger partial charge is 0.481 e. The van der Waals surface area contributed by atoms with Crippen molar-refractivity contribution in [2.75, 3.05) is 0 Å². The summed E-state index contributed by atoms with van der Waals surface area (Å²) in [5.41, 5.74) is 7.37. The van der Waals surface area contributed by atoms with Crippen molar-refractivity contribution >= 4 is 29.7 Å². The fourth-order valence-electron chi connectivity index (χ4n) is 3.84. The van der Waals surface area contributed by atoms with Crippen LogP contribution in [0.2, 0.25) is 0 Å². The van der Waals surface area contributed by atoms with E-state index in [4.69, 9.17) is 10.8 Å². The van der Waals surface area contributed by atoms with E-state index >= 15 is 0 Å². The third-order valence-electron chi connectivity index (χ3n) is 5.85. The number of aromatic amines is 1. The van der Waals surface area contributed by atoms with Gasteiger partial charge in [0.15, 0.2) is 0 Å². The van der Waals surface area contributed by atoms with Crippen molar-refractivity contribution in [3.8, 4) is 0 Å². The molecule has 2 rings (SSSR count). The number of nitrogens with zero attached hydrogens (tertiary/aromatic N) is 1. The van der Waals surface area contributed by atoms with Gasteiger partial charge in [-0.05, 0) is 30.7 Å². The summed E-state index contributed by atoms with van der Waals surface area (Å²) in [5.74, 6) is -4.69. The minimum absolute atomic E-state index is 0.0245. The molecule has 0 aliphatic rings. The molecule has 3 amide bonds. The first-order valence-corrected chi connectivity index (χ1v) is 12.6. The van der Waals surface area contributed by atoms with Gasteiger partial charge in [0, 0.05) is 24.7 Å². The van der Waals surface area contributed by atoms with Gasteiger partial charge in [-0.1, -0.05) is 44.2 Å². The van der Waals surface area contributed by atoms with Crippen LogP contribution in [0.3, 0.4) is 0 Å². The monoisotopic (exact) mass is 544 g/mol. The maximum Gasteiger partial charge on any atom is 0.326 e. The molecule has 0 fully saturated rings. The molecule has 0 saturated heterocycles. The average Bonchev–Trinajstić information content (AvgIpc) is 3.38. The van der Waals surface area contributed by atoms with Gasteiger partial charge in [0.1, 0.15) is 18.1 Å². The highest BCUT2D eigenvalue weighted by atomic mass is 16.4. The van der Waals surface area contributed by atoms with Gasteiger partial charge in [0.25, 0.3) is 0 Å². The second-order valence-electron chi connectivity index (χ2n) is 9.66. The Morgan fingerprint density at radius 1 is 0.897 bits per heavy atom. The Kier molecular flexibility index (Phi) is 12.1. The van der Waals surface area contributed by atoms with Crippen LogP contribution in [0.15, 0.2) is 42.9 Å². The van der Waals surface area contributed by atoms with E-state index < -0.39 is 60.2 Å². The summed E-state index contributed by atoms with van der Waals surface area (Å²) >= 11 is 0. The molecule has 0 saturated carbocycles. The SMILES string of the molecule is CC(C)CC(NC(=O)C(N)Cc1ccccc1)C(=O)NC(CCC(=O)O)C(=O)NC(Cc1cnc[nH]1)C(=O)O. The van der Waals surface area contributed by atoms with Crippen molar-refractivity contribution in [2.45, 2.75) is 70.1 Å². The van der Waals surface area contributed by atoms with Crippen molar-refractivity contribution in [1.82, 2.24) is 25.9 Å². The lowest BCUT2D eigenvalue weighted by molar-refractivity contribution is -0.143. The van der Waals surface area contributed by atoms with Crippen molar-refractivity contribution in [2.24, 2.45) is 11.7 Å². The Labute approximate surface area is 226 Å². The van der Waals surface area contributed by atoms with E-state index in [2.05, 4.69) is 25.9 Å². The normalized spacial score (nSPS) is 14.1. The molecule has 2 aromatic rings. The fourth-order valence-corrected chi connectivity index (χ4v) is 3.84. The molecule has 0 spiro atoms. The fraction of sp³-hybridized carbons (Fsp3) is 0.462. The summed E-state index contributed by atoms with van der Waals surface area (Å²) in [6, 6.07) is 4.43. The molecule has 8 N–H and O–H groups in total. The molecule has 1 aromatic carbocycles. The number of carbonyl (C=O) groups is 5. The second-order valence-corrected chi connectivity index (χ2v) is 9.66. The number of H-pyrrole nitrogens is 1. The molecule has 0 aliphatic carbocycles. The average molecular weight is 545 g/mol. The van der Waals surface area contributed by atoms with Crippen molar-refractivity contribution < 1.29 is 34.2 Å². The minimum Gasteiger partial charge on any atom is -0.481 e. The topological polar surface area (TPSA) is 217 Å².